The topological polar surface area (TPSA) is 21.6 Å². The van der Waals surface area contributed by atoms with E-state index in [0.29, 0.717) is 6.61 Å². The van der Waals surface area contributed by atoms with Crippen LogP contribution in [0.3, 0.4) is 0 Å². The second-order valence-corrected chi connectivity index (χ2v) is 4.92. The van der Waals surface area contributed by atoms with Crippen molar-refractivity contribution in [2.24, 2.45) is 4.99 Å². The van der Waals surface area contributed by atoms with Crippen LogP contribution < -0.4 is 0 Å². The summed E-state index contributed by atoms with van der Waals surface area (Å²) < 4.78 is 5.63. The van der Waals surface area contributed by atoms with Gasteiger partial charge in [0.1, 0.15) is 6.61 Å². The maximum absolute atomic E-state index is 6.31. The first-order valence-electron chi connectivity index (χ1n) is 6.29. The van der Waals surface area contributed by atoms with Crippen molar-refractivity contribution in [2.45, 2.75) is 6.92 Å². The molecule has 3 heteroatoms. The molecule has 0 fully saturated rings. The molecule has 2 nitrogen and oxygen atoms in total. The van der Waals surface area contributed by atoms with Crippen LogP contribution in [0.1, 0.15) is 11.1 Å². The number of nitrogens with zero attached hydrogens (tertiary/aromatic N) is 1. The van der Waals surface area contributed by atoms with Crippen molar-refractivity contribution in [1.29, 1.82) is 0 Å². The molecule has 2 aromatic carbocycles. The molecular weight excluding hydrogens is 258 g/mol. The quantitative estimate of drug-likeness (QED) is 0.806. The van der Waals surface area contributed by atoms with Gasteiger partial charge in [-0.25, -0.2) is 4.99 Å². The molecule has 19 heavy (non-hydrogen) atoms. The standard InChI is InChI=1S/C16H14ClNO/c1-11-5-4-7-13(12-6-2-3-8-14(12)17)15(11)16-18-9-10-19-16/h2-8H,9-10H2,1H3. The van der Waals surface area contributed by atoms with Crippen LogP contribution in [0, 0.1) is 6.92 Å². The Morgan fingerprint density at radius 3 is 2.58 bits per heavy atom. The molecule has 0 unspecified atom stereocenters. The highest BCUT2D eigenvalue weighted by Gasteiger charge is 2.18. The van der Waals surface area contributed by atoms with Crippen molar-refractivity contribution >= 4 is 17.5 Å². The molecule has 0 spiro atoms. The molecule has 1 aliphatic heterocycles. The fraction of sp³-hybridized carbons (Fsp3) is 0.188. The van der Waals surface area contributed by atoms with E-state index in [2.05, 4.69) is 24.0 Å². The molecular formula is C16H14ClNO. The second-order valence-electron chi connectivity index (χ2n) is 4.51. The summed E-state index contributed by atoms with van der Waals surface area (Å²) >= 11 is 6.31. The van der Waals surface area contributed by atoms with E-state index in [-0.39, 0.29) is 0 Å². The molecule has 1 aliphatic rings. The zero-order chi connectivity index (χ0) is 13.2. The third kappa shape index (κ3) is 2.24. The Balaban J connectivity index is 2.22. The van der Waals surface area contributed by atoms with Gasteiger partial charge in [-0.1, -0.05) is 48.0 Å². The first-order chi connectivity index (χ1) is 9.27. The van der Waals surface area contributed by atoms with E-state index < -0.39 is 0 Å². The van der Waals surface area contributed by atoms with Gasteiger partial charge in [0.05, 0.1) is 6.54 Å². The summed E-state index contributed by atoms with van der Waals surface area (Å²) in [5.74, 6) is 0.730. The van der Waals surface area contributed by atoms with Crippen molar-refractivity contribution in [2.75, 3.05) is 13.2 Å². The van der Waals surface area contributed by atoms with Crippen LogP contribution in [0.25, 0.3) is 11.1 Å². The van der Waals surface area contributed by atoms with Gasteiger partial charge in [-0.3, -0.25) is 0 Å². The summed E-state index contributed by atoms with van der Waals surface area (Å²) in [5, 5.41) is 0.743. The summed E-state index contributed by atoms with van der Waals surface area (Å²) in [6.07, 6.45) is 0. The lowest BCUT2D eigenvalue weighted by atomic mass is 9.96. The van der Waals surface area contributed by atoms with Crippen LogP contribution in [-0.4, -0.2) is 19.0 Å². The number of aliphatic imine (C=N–C) groups is 1. The average Bonchev–Trinajstić information content (AvgIpc) is 2.92. The predicted octanol–water partition coefficient (Wildman–Crippen LogP) is 4.09. The smallest absolute Gasteiger partial charge is 0.217 e. The summed E-state index contributed by atoms with van der Waals surface area (Å²) in [5.41, 5.74) is 4.29. The van der Waals surface area contributed by atoms with Gasteiger partial charge in [-0.05, 0) is 24.1 Å². The zero-order valence-corrected chi connectivity index (χ0v) is 11.4. The van der Waals surface area contributed by atoms with Crippen LogP contribution in [-0.2, 0) is 4.74 Å². The number of hydrogen-bond donors (Lipinski definition) is 0. The molecule has 0 saturated carbocycles. The Kier molecular flexibility index (Phi) is 3.26. The summed E-state index contributed by atoms with van der Waals surface area (Å²) in [6.45, 7) is 3.46. The van der Waals surface area contributed by atoms with Gasteiger partial charge in [0.2, 0.25) is 5.90 Å². The third-order valence-corrected chi connectivity index (χ3v) is 3.57. The van der Waals surface area contributed by atoms with Crippen LogP contribution in [0.5, 0.6) is 0 Å². The monoisotopic (exact) mass is 271 g/mol. The van der Waals surface area contributed by atoms with E-state index >= 15 is 0 Å². The number of rotatable bonds is 2. The molecule has 0 amide bonds. The van der Waals surface area contributed by atoms with Crippen molar-refractivity contribution in [3.63, 3.8) is 0 Å². The number of benzene rings is 2. The fourth-order valence-electron chi connectivity index (χ4n) is 2.34. The minimum Gasteiger partial charge on any atom is -0.475 e. The summed E-state index contributed by atoms with van der Waals surface area (Å²) in [4.78, 5) is 4.43. The number of ether oxygens (including phenoxy) is 1. The Hall–Kier alpha value is -1.80. The molecule has 0 saturated heterocycles. The molecule has 2 aromatic rings. The first kappa shape index (κ1) is 12.2. The van der Waals surface area contributed by atoms with Gasteiger partial charge < -0.3 is 4.74 Å². The van der Waals surface area contributed by atoms with Crippen molar-refractivity contribution in [3.8, 4) is 11.1 Å². The first-order valence-corrected chi connectivity index (χ1v) is 6.67. The van der Waals surface area contributed by atoms with E-state index in [1.807, 2.05) is 30.3 Å². The van der Waals surface area contributed by atoms with Gasteiger partial charge in [-0.2, -0.15) is 0 Å². The van der Waals surface area contributed by atoms with E-state index in [1.165, 1.54) is 0 Å². The predicted molar refractivity (Wildman–Crippen MR) is 79.0 cm³/mol. The normalized spacial score (nSPS) is 14.1. The number of hydrogen-bond acceptors (Lipinski definition) is 2. The Morgan fingerprint density at radius 1 is 1.05 bits per heavy atom. The van der Waals surface area contributed by atoms with Crippen LogP contribution in [0.15, 0.2) is 47.5 Å². The SMILES string of the molecule is Cc1cccc(-c2ccccc2Cl)c1C1=NCCO1. The van der Waals surface area contributed by atoms with Crippen molar-refractivity contribution in [1.82, 2.24) is 0 Å². The molecule has 0 aromatic heterocycles. The van der Waals surface area contributed by atoms with E-state index in [1.54, 1.807) is 0 Å². The molecule has 3 rings (SSSR count). The van der Waals surface area contributed by atoms with E-state index in [9.17, 15) is 0 Å². The lowest BCUT2D eigenvalue weighted by Gasteiger charge is -2.13. The Morgan fingerprint density at radius 2 is 1.84 bits per heavy atom. The molecule has 1 heterocycles. The molecule has 96 valence electrons. The summed E-state index contributed by atoms with van der Waals surface area (Å²) in [7, 11) is 0. The molecule has 0 aliphatic carbocycles. The lowest BCUT2D eigenvalue weighted by molar-refractivity contribution is 0.348. The van der Waals surface area contributed by atoms with Gasteiger partial charge >= 0.3 is 0 Å². The molecule has 0 atom stereocenters. The lowest BCUT2D eigenvalue weighted by Crippen LogP contribution is -2.06. The highest BCUT2D eigenvalue weighted by molar-refractivity contribution is 6.33. The largest absolute Gasteiger partial charge is 0.475 e. The fourth-order valence-corrected chi connectivity index (χ4v) is 2.58. The number of aryl methyl sites for hydroxylation is 1. The van der Waals surface area contributed by atoms with Crippen LogP contribution in [0.4, 0.5) is 0 Å². The molecule has 0 radical (unpaired) electrons. The maximum Gasteiger partial charge on any atom is 0.217 e. The van der Waals surface area contributed by atoms with Gasteiger partial charge in [0.25, 0.3) is 0 Å². The van der Waals surface area contributed by atoms with E-state index in [4.69, 9.17) is 16.3 Å². The zero-order valence-electron chi connectivity index (χ0n) is 10.7. The number of halogens is 1. The van der Waals surface area contributed by atoms with Gasteiger partial charge in [-0.15, -0.1) is 0 Å². The van der Waals surface area contributed by atoms with Gasteiger partial charge in [0, 0.05) is 16.1 Å². The molecule has 0 N–H and O–H groups in total. The third-order valence-electron chi connectivity index (χ3n) is 3.24. The van der Waals surface area contributed by atoms with Gasteiger partial charge in [0.15, 0.2) is 0 Å². The highest BCUT2D eigenvalue weighted by atomic mass is 35.5. The Bertz CT molecular complexity index is 649. The Labute approximate surface area is 117 Å². The van der Waals surface area contributed by atoms with Crippen molar-refractivity contribution < 1.29 is 4.74 Å². The van der Waals surface area contributed by atoms with Crippen LogP contribution in [0.2, 0.25) is 5.02 Å². The van der Waals surface area contributed by atoms with Crippen LogP contribution >= 0.6 is 11.6 Å². The highest BCUT2D eigenvalue weighted by Crippen LogP contribution is 2.32. The maximum atomic E-state index is 6.31. The molecule has 0 bridgehead atoms. The summed E-state index contributed by atoms with van der Waals surface area (Å²) in [6, 6.07) is 14.0. The van der Waals surface area contributed by atoms with Crippen molar-refractivity contribution in [3.05, 3.63) is 58.6 Å². The minimum absolute atomic E-state index is 0.658. The minimum atomic E-state index is 0.658. The van der Waals surface area contributed by atoms with E-state index in [0.717, 1.165) is 39.7 Å². The second kappa shape index (κ2) is 5.06. The average molecular weight is 272 g/mol.